The number of aromatic nitrogens is 2. The van der Waals surface area contributed by atoms with Crippen LogP contribution >= 0.6 is 0 Å². The molecule has 2 aromatic rings. The van der Waals surface area contributed by atoms with Gasteiger partial charge in [0.25, 0.3) is 0 Å². The van der Waals surface area contributed by atoms with E-state index >= 15 is 0 Å². The fraction of sp³-hybridized carbons (Fsp3) is 0.625. The quantitative estimate of drug-likeness (QED) is 0.614. The van der Waals surface area contributed by atoms with Gasteiger partial charge in [-0.2, -0.15) is 0 Å². The molecule has 0 aromatic carbocycles. The number of rotatable bonds is 7. The van der Waals surface area contributed by atoms with Crippen LogP contribution < -0.4 is 14.9 Å². The molecule has 1 spiro atoms. The molecule has 1 atom stereocenters. The van der Waals surface area contributed by atoms with E-state index in [1.54, 1.807) is 20.8 Å². The van der Waals surface area contributed by atoms with Crippen LogP contribution in [0.5, 0.6) is 0 Å². The van der Waals surface area contributed by atoms with Crippen molar-refractivity contribution in [3.63, 3.8) is 0 Å². The van der Waals surface area contributed by atoms with Crippen molar-refractivity contribution >= 4 is 21.6 Å². The van der Waals surface area contributed by atoms with Crippen LogP contribution in [0.3, 0.4) is 0 Å². The molecule has 34 heavy (non-hydrogen) atoms. The highest BCUT2D eigenvalue weighted by molar-refractivity contribution is 7.89. The van der Waals surface area contributed by atoms with Crippen molar-refractivity contribution < 1.29 is 17.7 Å². The van der Waals surface area contributed by atoms with Gasteiger partial charge in [0, 0.05) is 49.7 Å². The van der Waals surface area contributed by atoms with E-state index in [1.165, 1.54) is 5.69 Å². The maximum absolute atomic E-state index is 12.8. The molecule has 1 amide bonds. The van der Waals surface area contributed by atoms with E-state index in [0.29, 0.717) is 11.1 Å². The monoisotopic (exact) mass is 489 g/mol. The lowest BCUT2D eigenvalue weighted by Gasteiger charge is -2.46. The maximum atomic E-state index is 12.8. The topological polar surface area (TPSA) is 117 Å². The van der Waals surface area contributed by atoms with Gasteiger partial charge in [-0.25, -0.2) is 13.1 Å². The molecule has 2 fully saturated rings. The SMILES string of the molecule is Cc1noc(C)c1S(=O)(=O)N[C@H](C)CNC(=O)C1CCC2(CC1)CCN(c1ccncc1)CC2. The first-order chi connectivity index (χ1) is 16.2. The summed E-state index contributed by atoms with van der Waals surface area (Å²) in [6.07, 6.45) is 9.92. The molecule has 186 valence electrons. The van der Waals surface area contributed by atoms with Crippen LogP contribution in [0.25, 0.3) is 0 Å². The molecule has 1 aliphatic heterocycles. The number of hydrogen-bond donors (Lipinski definition) is 2. The Morgan fingerprint density at radius 2 is 1.82 bits per heavy atom. The first kappa shape index (κ1) is 24.7. The molecule has 4 rings (SSSR count). The van der Waals surface area contributed by atoms with Crippen LogP contribution in [-0.4, -0.2) is 50.1 Å². The lowest BCUT2D eigenvalue weighted by molar-refractivity contribution is -0.127. The summed E-state index contributed by atoms with van der Waals surface area (Å²) < 4.78 is 32.9. The zero-order chi connectivity index (χ0) is 24.3. The molecule has 1 saturated heterocycles. The summed E-state index contributed by atoms with van der Waals surface area (Å²) in [4.78, 5) is 19.4. The molecule has 0 bridgehead atoms. The van der Waals surface area contributed by atoms with Crippen molar-refractivity contribution in [3.05, 3.63) is 36.0 Å². The second-order valence-corrected chi connectivity index (χ2v) is 11.5. The van der Waals surface area contributed by atoms with Gasteiger partial charge in [0.15, 0.2) is 5.76 Å². The summed E-state index contributed by atoms with van der Waals surface area (Å²) >= 11 is 0. The minimum atomic E-state index is -3.76. The van der Waals surface area contributed by atoms with Gasteiger partial charge in [-0.15, -0.1) is 0 Å². The van der Waals surface area contributed by atoms with Gasteiger partial charge in [-0.05, 0) is 76.8 Å². The van der Waals surface area contributed by atoms with Crippen molar-refractivity contribution in [1.29, 1.82) is 0 Å². The number of pyridine rings is 1. The first-order valence-corrected chi connectivity index (χ1v) is 13.6. The number of anilines is 1. The molecule has 3 heterocycles. The molecule has 2 N–H and O–H groups in total. The van der Waals surface area contributed by atoms with E-state index in [2.05, 4.69) is 37.2 Å². The number of aryl methyl sites for hydroxylation is 2. The highest BCUT2D eigenvalue weighted by Gasteiger charge is 2.39. The van der Waals surface area contributed by atoms with Crippen LogP contribution in [-0.2, 0) is 14.8 Å². The van der Waals surface area contributed by atoms with Crippen LogP contribution in [0.4, 0.5) is 5.69 Å². The van der Waals surface area contributed by atoms with Gasteiger partial charge in [0.05, 0.1) is 0 Å². The molecule has 2 aliphatic rings. The summed E-state index contributed by atoms with van der Waals surface area (Å²) in [5.74, 6) is 0.270. The van der Waals surface area contributed by atoms with E-state index in [0.717, 1.165) is 51.6 Å². The predicted octanol–water partition coefficient (Wildman–Crippen LogP) is 2.95. The van der Waals surface area contributed by atoms with E-state index in [9.17, 15) is 13.2 Å². The summed E-state index contributed by atoms with van der Waals surface area (Å²) in [5.41, 5.74) is 1.90. The Bertz CT molecular complexity index is 1060. The summed E-state index contributed by atoms with van der Waals surface area (Å²) in [5, 5.41) is 6.66. The highest BCUT2D eigenvalue weighted by atomic mass is 32.2. The van der Waals surface area contributed by atoms with Crippen molar-refractivity contribution in [2.75, 3.05) is 24.5 Å². The number of hydrogen-bond acceptors (Lipinski definition) is 7. The van der Waals surface area contributed by atoms with E-state index < -0.39 is 16.1 Å². The third-order valence-corrected chi connectivity index (χ3v) is 9.28. The molecule has 10 heteroatoms. The van der Waals surface area contributed by atoms with E-state index in [1.807, 2.05) is 12.4 Å². The van der Waals surface area contributed by atoms with Crippen LogP contribution in [0.1, 0.15) is 56.9 Å². The number of nitrogens with zero attached hydrogens (tertiary/aromatic N) is 3. The molecule has 1 aliphatic carbocycles. The Morgan fingerprint density at radius 1 is 1.18 bits per heavy atom. The average Bonchev–Trinajstić information content (AvgIpc) is 3.17. The predicted molar refractivity (Wildman–Crippen MR) is 129 cm³/mol. The largest absolute Gasteiger partial charge is 0.371 e. The Balaban J connectivity index is 1.22. The average molecular weight is 490 g/mol. The smallest absolute Gasteiger partial charge is 0.246 e. The second-order valence-electron chi connectivity index (χ2n) is 9.89. The summed E-state index contributed by atoms with van der Waals surface area (Å²) in [6.45, 7) is 7.23. The van der Waals surface area contributed by atoms with Crippen molar-refractivity contribution in [1.82, 2.24) is 20.2 Å². The van der Waals surface area contributed by atoms with Crippen LogP contribution in [0.2, 0.25) is 0 Å². The summed E-state index contributed by atoms with van der Waals surface area (Å²) in [6, 6.07) is 3.68. The number of piperidine rings is 1. The van der Waals surface area contributed by atoms with E-state index in [-0.39, 0.29) is 29.0 Å². The third-order valence-electron chi connectivity index (χ3n) is 7.44. The highest BCUT2D eigenvalue weighted by Crippen LogP contribution is 2.46. The van der Waals surface area contributed by atoms with Gasteiger partial charge >= 0.3 is 0 Å². The van der Waals surface area contributed by atoms with Gasteiger partial charge < -0.3 is 14.7 Å². The Labute approximate surface area is 201 Å². The Hall–Kier alpha value is -2.46. The Kier molecular flexibility index (Phi) is 7.28. The molecule has 9 nitrogen and oxygen atoms in total. The molecular weight excluding hydrogens is 454 g/mol. The lowest BCUT2D eigenvalue weighted by Crippen LogP contribution is -2.46. The molecular formula is C24H35N5O4S. The maximum Gasteiger partial charge on any atom is 0.246 e. The zero-order valence-corrected chi connectivity index (χ0v) is 21.0. The standard InChI is InChI=1S/C24H35N5O4S/c1-17(28-34(31,32)22-18(2)27-33-19(22)3)16-26-23(30)20-4-8-24(9-5-20)10-14-29(15-11-24)21-6-12-25-13-7-21/h6-7,12-13,17,20,28H,4-5,8-11,14-16H2,1-3H3,(H,26,30)/t17-/m1/s1. The normalized spacial score (nSPS) is 19.8. The van der Waals surface area contributed by atoms with Crippen LogP contribution in [0, 0.1) is 25.2 Å². The van der Waals surface area contributed by atoms with E-state index in [4.69, 9.17) is 4.52 Å². The van der Waals surface area contributed by atoms with Crippen LogP contribution in [0.15, 0.2) is 33.9 Å². The fourth-order valence-corrected chi connectivity index (χ4v) is 6.98. The summed E-state index contributed by atoms with van der Waals surface area (Å²) in [7, 11) is -3.76. The van der Waals surface area contributed by atoms with Gasteiger partial charge in [-0.3, -0.25) is 9.78 Å². The van der Waals surface area contributed by atoms with Crippen molar-refractivity contribution in [3.8, 4) is 0 Å². The molecule has 0 unspecified atom stereocenters. The van der Waals surface area contributed by atoms with Gasteiger partial charge in [0.2, 0.25) is 15.9 Å². The van der Waals surface area contributed by atoms with Crippen molar-refractivity contribution in [2.24, 2.45) is 11.3 Å². The third kappa shape index (κ3) is 5.43. The number of carbonyl (C=O) groups excluding carboxylic acids is 1. The number of carbonyl (C=O) groups is 1. The van der Waals surface area contributed by atoms with Crippen molar-refractivity contribution in [2.45, 2.75) is 70.2 Å². The minimum Gasteiger partial charge on any atom is -0.371 e. The number of sulfonamides is 1. The second kappa shape index (κ2) is 10.0. The molecule has 0 radical (unpaired) electrons. The Morgan fingerprint density at radius 3 is 2.41 bits per heavy atom. The van der Waals surface area contributed by atoms with Gasteiger partial charge in [-0.1, -0.05) is 5.16 Å². The zero-order valence-electron chi connectivity index (χ0n) is 20.2. The first-order valence-electron chi connectivity index (χ1n) is 12.1. The van der Waals surface area contributed by atoms with Gasteiger partial charge in [0.1, 0.15) is 10.6 Å². The molecule has 2 aromatic heterocycles. The lowest BCUT2D eigenvalue weighted by atomic mass is 9.65. The number of nitrogens with one attached hydrogen (secondary N) is 2. The minimum absolute atomic E-state index is 0.00442. The number of amides is 1. The molecule has 1 saturated carbocycles. The fourth-order valence-electron chi connectivity index (χ4n) is 5.41.